The number of ketones is 1. The van der Waals surface area contributed by atoms with Gasteiger partial charge in [0.25, 0.3) is 5.91 Å². The predicted octanol–water partition coefficient (Wildman–Crippen LogP) is 4.27. The number of aromatic hydroxyl groups is 4. The highest BCUT2D eigenvalue weighted by Gasteiger charge is 2.41. The molecule has 1 aliphatic heterocycles. The molecule has 0 radical (unpaired) electrons. The maximum atomic E-state index is 13.5. The molecule has 0 spiro atoms. The van der Waals surface area contributed by atoms with Crippen molar-refractivity contribution >= 4 is 29.7 Å². The first-order valence-corrected chi connectivity index (χ1v) is 15.4. The fourth-order valence-corrected chi connectivity index (χ4v) is 4.94. The van der Waals surface area contributed by atoms with E-state index in [2.05, 4.69) is 5.32 Å². The Hall–Kier alpha value is -5.79. The molecule has 1 saturated heterocycles. The Morgan fingerprint density at radius 3 is 2.08 bits per heavy atom. The number of ether oxygens (including phenoxy) is 3. The fraction of sp³-hybridized carbons (Fsp3) is 0.343. The molecule has 5 N–H and O–H groups in total. The van der Waals surface area contributed by atoms with E-state index in [0.717, 1.165) is 18.2 Å². The number of carbonyl (C=O) groups is 5. The number of hydrogen-bond donors (Lipinski definition) is 5. The summed E-state index contributed by atoms with van der Waals surface area (Å²) < 4.78 is 16.4. The summed E-state index contributed by atoms with van der Waals surface area (Å²) in [6.45, 7) is 8.18. The molecule has 3 atom stereocenters. The smallest absolute Gasteiger partial charge is 0.410 e. The highest BCUT2D eigenvalue weighted by atomic mass is 16.6. The molecule has 1 unspecified atom stereocenters. The van der Waals surface area contributed by atoms with E-state index in [9.17, 15) is 44.4 Å². The number of hydrogen-bond acceptors (Lipinski definition) is 12. The van der Waals surface area contributed by atoms with Crippen molar-refractivity contribution in [3.63, 3.8) is 0 Å². The second-order valence-corrected chi connectivity index (χ2v) is 12.5. The van der Waals surface area contributed by atoms with Gasteiger partial charge in [-0.05, 0) is 82.6 Å². The molecule has 2 amide bonds. The van der Waals surface area contributed by atoms with Gasteiger partial charge in [-0.25, -0.2) is 14.4 Å². The molecule has 0 bridgehead atoms. The van der Waals surface area contributed by atoms with Crippen molar-refractivity contribution in [2.45, 2.75) is 64.9 Å². The van der Waals surface area contributed by atoms with Crippen LogP contribution in [0.5, 0.6) is 23.0 Å². The van der Waals surface area contributed by atoms with Crippen LogP contribution in [0.1, 0.15) is 88.0 Å². The quantitative estimate of drug-likeness (QED) is 0.122. The zero-order valence-corrected chi connectivity index (χ0v) is 27.6. The number of nitrogens with zero attached hydrogens (tertiary/aromatic N) is 1. The number of benzene rings is 3. The monoisotopic (exact) mass is 678 g/mol. The Kier molecular flexibility index (Phi) is 10.7. The summed E-state index contributed by atoms with van der Waals surface area (Å²) in [5.74, 6) is -6.06. The number of likely N-dealkylation sites (tertiary alicyclic amines) is 1. The van der Waals surface area contributed by atoms with E-state index in [1.807, 2.05) is 0 Å². The third-order valence-corrected chi connectivity index (χ3v) is 7.55. The average molecular weight is 679 g/mol. The van der Waals surface area contributed by atoms with Crippen molar-refractivity contribution in [1.29, 1.82) is 0 Å². The molecule has 14 nitrogen and oxygen atoms in total. The lowest BCUT2D eigenvalue weighted by Crippen LogP contribution is -2.44. The van der Waals surface area contributed by atoms with Gasteiger partial charge in [0, 0.05) is 12.1 Å². The number of phenolic OH excluding ortho intramolecular Hbond substituents is 4. The average Bonchev–Trinajstić information content (AvgIpc) is 3.41. The fourth-order valence-electron chi connectivity index (χ4n) is 4.94. The van der Waals surface area contributed by atoms with Gasteiger partial charge >= 0.3 is 18.0 Å². The highest BCUT2D eigenvalue weighted by molar-refractivity contribution is 6.18. The Morgan fingerprint density at radius 1 is 0.857 bits per heavy atom. The van der Waals surface area contributed by atoms with Crippen molar-refractivity contribution in [2.24, 2.45) is 0 Å². The molecule has 4 rings (SSSR count). The van der Waals surface area contributed by atoms with Crippen LogP contribution in [0.25, 0.3) is 0 Å². The van der Waals surface area contributed by atoms with Crippen molar-refractivity contribution < 1.29 is 58.6 Å². The molecule has 3 aromatic rings. The molecular formula is C35H38N2O12. The molecule has 49 heavy (non-hydrogen) atoms. The van der Waals surface area contributed by atoms with Crippen LogP contribution in [-0.4, -0.2) is 92.0 Å². The summed E-state index contributed by atoms with van der Waals surface area (Å²) in [4.78, 5) is 66.7. The summed E-state index contributed by atoms with van der Waals surface area (Å²) in [5, 5.41) is 44.4. The summed E-state index contributed by atoms with van der Waals surface area (Å²) in [6, 6.07) is 9.92. The van der Waals surface area contributed by atoms with Crippen LogP contribution < -0.4 is 5.32 Å². The van der Waals surface area contributed by atoms with Crippen LogP contribution >= 0.6 is 0 Å². The van der Waals surface area contributed by atoms with Crippen LogP contribution in [0.15, 0.2) is 54.6 Å². The van der Waals surface area contributed by atoms with Gasteiger partial charge in [0.1, 0.15) is 40.3 Å². The first-order valence-electron chi connectivity index (χ1n) is 15.4. The third kappa shape index (κ3) is 8.58. The molecule has 3 aromatic carbocycles. The van der Waals surface area contributed by atoms with E-state index in [-0.39, 0.29) is 35.5 Å². The lowest BCUT2D eigenvalue weighted by Gasteiger charge is -2.24. The lowest BCUT2D eigenvalue weighted by atomic mass is 9.95. The van der Waals surface area contributed by atoms with E-state index >= 15 is 0 Å². The van der Waals surface area contributed by atoms with Crippen molar-refractivity contribution in [3.05, 3.63) is 82.4 Å². The number of carbonyl (C=O) groups excluding carboxylic acids is 5. The summed E-state index contributed by atoms with van der Waals surface area (Å²) in [6.07, 6.45) is -1.85. The second-order valence-electron chi connectivity index (χ2n) is 12.5. The Bertz CT molecular complexity index is 1740. The molecule has 1 fully saturated rings. The van der Waals surface area contributed by atoms with Gasteiger partial charge in [0.2, 0.25) is 5.78 Å². The maximum absolute atomic E-state index is 13.5. The first kappa shape index (κ1) is 36.1. The zero-order valence-electron chi connectivity index (χ0n) is 27.6. The maximum Gasteiger partial charge on any atom is 0.410 e. The summed E-state index contributed by atoms with van der Waals surface area (Å²) in [5.41, 5.74) is -2.57. The Morgan fingerprint density at radius 2 is 1.49 bits per heavy atom. The van der Waals surface area contributed by atoms with E-state index < -0.39 is 81.9 Å². The zero-order chi connectivity index (χ0) is 36.2. The minimum Gasteiger partial charge on any atom is -0.508 e. The van der Waals surface area contributed by atoms with Gasteiger partial charge in [-0.1, -0.05) is 13.0 Å². The third-order valence-electron chi connectivity index (χ3n) is 7.55. The van der Waals surface area contributed by atoms with E-state index in [1.165, 1.54) is 41.3 Å². The number of nitrogens with one attached hydrogen (secondary N) is 1. The predicted molar refractivity (Wildman–Crippen MR) is 173 cm³/mol. The standard InChI is InChI=1S/C35H38N2O12/c1-6-18(2)47-33(45)22-8-7-9-24(39)28(22)30(42)29-25(40)14-20(15-26(29)41)32(44)48-27-17-37(34(46)49-35(3,4)5)16-23(27)36-31(43)19-10-12-21(38)13-11-19/h7-15,18,23,27,38-41H,6,16-17H2,1-5H3,(H,36,43)/t18?,23-,27-/m1/s1. The molecule has 0 aliphatic carbocycles. The van der Waals surface area contributed by atoms with E-state index in [4.69, 9.17) is 14.2 Å². The van der Waals surface area contributed by atoms with Crippen molar-refractivity contribution in [1.82, 2.24) is 10.2 Å². The van der Waals surface area contributed by atoms with Gasteiger partial charge in [0.15, 0.2) is 0 Å². The summed E-state index contributed by atoms with van der Waals surface area (Å²) >= 11 is 0. The minimum absolute atomic E-state index is 0.0512. The first-order chi connectivity index (χ1) is 23.0. The number of amides is 2. The molecule has 14 heteroatoms. The molecular weight excluding hydrogens is 640 g/mol. The van der Waals surface area contributed by atoms with Gasteiger partial charge in [-0.3, -0.25) is 9.59 Å². The molecule has 1 heterocycles. The number of phenols is 4. The van der Waals surface area contributed by atoms with Crippen molar-refractivity contribution in [2.75, 3.05) is 13.1 Å². The Labute approximate surface area is 281 Å². The number of esters is 2. The molecule has 260 valence electrons. The second kappa shape index (κ2) is 14.5. The van der Waals surface area contributed by atoms with E-state index in [1.54, 1.807) is 34.6 Å². The molecule has 1 aliphatic rings. The van der Waals surface area contributed by atoms with Crippen LogP contribution in [0.4, 0.5) is 4.79 Å². The normalized spacial score (nSPS) is 16.4. The van der Waals surface area contributed by atoms with Gasteiger partial charge in [0.05, 0.1) is 35.4 Å². The SMILES string of the molecule is CCC(C)OC(=O)c1cccc(O)c1C(=O)c1c(O)cc(C(=O)O[C@@H]2CN(C(=O)OC(C)(C)C)C[C@H]2NC(=O)c2ccc(O)cc2)cc1O. The van der Waals surface area contributed by atoms with Crippen LogP contribution in [0.3, 0.4) is 0 Å². The van der Waals surface area contributed by atoms with Crippen LogP contribution in [0, 0.1) is 0 Å². The lowest BCUT2D eigenvalue weighted by molar-refractivity contribution is 0.0177. The minimum atomic E-state index is -1.12. The molecule has 0 aromatic heterocycles. The van der Waals surface area contributed by atoms with Gasteiger partial charge in [-0.15, -0.1) is 0 Å². The topological polar surface area (TPSA) is 209 Å². The summed E-state index contributed by atoms with van der Waals surface area (Å²) in [7, 11) is 0. The van der Waals surface area contributed by atoms with Gasteiger partial charge < -0.3 is 44.9 Å². The van der Waals surface area contributed by atoms with Crippen LogP contribution in [0.2, 0.25) is 0 Å². The highest BCUT2D eigenvalue weighted by Crippen LogP contribution is 2.35. The van der Waals surface area contributed by atoms with Gasteiger partial charge in [-0.2, -0.15) is 0 Å². The largest absolute Gasteiger partial charge is 0.508 e. The molecule has 0 saturated carbocycles. The van der Waals surface area contributed by atoms with Crippen molar-refractivity contribution in [3.8, 4) is 23.0 Å². The number of rotatable bonds is 9. The van der Waals surface area contributed by atoms with Crippen LogP contribution in [-0.2, 0) is 14.2 Å². The Balaban J connectivity index is 1.59. The van der Waals surface area contributed by atoms with E-state index in [0.29, 0.717) is 6.42 Å².